The molecule has 0 aliphatic carbocycles. The number of nitriles is 1. The normalized spacial score (nSPS) is 21.1. The Balaban J connectivity index is 1.76. The number of aromatic nitrogens is 4. The first kappa shape index (κ1) is 13.5. The zero-order valence-corrected chi connectivity index (χ0v) is 11.7. The largest absolute Gasteiger partial charge is 0.368 e. The van der Waals surface area contributed by atoms with Gasteiger partial charge in [0.25, 0.3) is 0 Å². The minimum Gasteiger partial charge on any atom is -0.368 e. The quantitative estimate of drug-likeness (QED) is 0.915. The number of anilines is 1. The van der Waals surface area contributed by atoms with Crippen LogP contribution in [0.25, 0.3) is 0 Å². The van der Waals surface area contributed by atoms with Crippen molar-refractivity contribution in [2.24, 2.45) is 0 Å². The van der Waals surface area contributed by atoms with Crippen molar-refractivity contribution >= 4 is 5.82 Å². The highest BCUT2D eigenvalue weighted by molar-refractivity contribution is 5.35. The molecule has 1 fully saturated rings. The highest BCUT2D eigenvalue weighted by Crippen LogP contribution is 2.30. The molecule has 21 heavy (non-hydrogen) atoms. The van der Waals surface area contributed by atoms with E-state index < -0.39 is 0 Å². The second kappa shape index (κ2) is 5.89. The molecule has 7 heteroatoms. The molecule has 0 radical (unpaired) electrons. The lowest BCUT2D eigenvalue weighted by atomic mass is 10.1. The van der Waals surface area contributed by atoms with Crippen molar-refractivity contribution in [1.29, 1.82) is 5.26 Å². The van der Waals surface area contributed by atoms with Crippen LogP contribution in [0.15, 0.2) is 24.8 Å². The summed E-state index contributed by atoms with van der Waals surface area (Å²) in [6.45, 7) is 3.62. The monoisotopic (exact) mass is 284 g/mol. The van der Waals surface area contributed by atoms with Crippen LogP contribution in [0.5, 0.6) is 0 Å². The maximum atomic E-state index is 8.73. The number of rotatable bonds is 4. The molecule has 1 saturated heterocycles. The van der Waals surface area contributed by atoms with E-state index >= 15 is 0 Å². The zero-order chi connectivity index (χ0) is 14.7. The third-order valence-electron chi connectivity index (χ3n) is 3.53. The molecule has 0 amide bonds. The summed E-state index contributed by atoms with van der Waals surface area (Å²) in [6.07, 6.45) is 7.55. The Morgan fingerprint density at radius 2 is 2.33 bits per heavy atom. The summed E-state index contributed by atoms with van der Waals surface area (Å²) < 4.78 is 7.90. The van der Waals surface area contributed by atoms with Gasteiger partial charge in [0, 0.05) is 25.5 Å². The van der Waals surface area contributed by atoms with Crippen LogP contribution in [-0.4, -0.2) is 32.2 Å². The number of nitrogens with one attached hydrogen (secondary N) is 1. The maximum absolute atomic E-state index is 8.73. The highest BCUT2D eigenvalue weighted by Gasteiger charge is 2.32. The molecule has 0 aromatic carbocycles. The summed E-state index contributed by atoms with van der Waals surface area (Å²) in [5.74, 6) is 1.57. The predicted molar refractivity (Wildman–Crippen MR) is 75.4 cm³/mol. The van der Waals surface area contributed by atoms with Crippen molar-refractivity contribution < 1.29 is 4.74 Å². The summed E-state index contributed by atoms with van der Waals surface area (Å²) in [5.41, 5.74) is 0.307. The summed E-state index contributed by atoms with van der Waals surface area (Å²) in [4.78, 5) is 12.6. The molecule has 7 nitrogen and oxygen atoms in total. The first-order valence-electron chi connectivity index (χ1n) is 6.93. The van der Waals surface area contributed by atoms with E-state index in [1.165, 1.54) is 6.20 Å². The average Bonchev–Trinajstić information content (AvgIpc) is 3.16. The second-order valence-corrected chi connectivity index (χ2v) is 4.80. The van der Waals surface area contributed by atoms with Gasteiger partial charge in [-0.1, -0.05) is 0 Å². The summed E-state index contributed by atoms with van der Waals surface area (Å²) in [6, 6.07) is 2.05. The Hall–Kier alpha value is -2.46. The van der Waals surface area contributed by atoms with Crippen molar-refractivity contribution in [3.63, 3.8) is 0 Å². The Kier molecular flexibility index (Phi) is 3.79. The molecular weight excluding hydrogens is 268 g/mol. The van der Waals surface area contributed by atoms with Crippen LogP contribution < -0.4 is 5.32 Å². The van der Waals surface area contributed by atoms with E-state index in [9.17, 15) is 0 Å². The molecule has 3 heterocycles. The third-order valence-corrected chi connectivity index (χ3v) is 3.53. The lowest BCUT2D eigenvalue weighted by Crippen LogP contribution is -2.26. The summed E-state index contributed by atoms with van der Waals surface area (Å²) >= 11 is 0. The zero-order valence-electron chi connectivity index (χ0n) is 11.7. The van der Waals surface area contributed by atoms with E-state index in [-0.39, 0.29) is 12.1 Å². The van der Waals surface area contributed by atoms with E-state index in [0.717, 1.165) is 18.8 Å². The first-order chi connectivity index (χ1) is 10.3. The summed E-state index contributed by atoms with van der Waals surface area (Å²) in [7, 11) is 0. The van der Waals surface area contributed by atoms with Crippen LogP contribution in [0.4, 0.5) is 5.82 Å². The van der Waals surface area contributed by atoms with Crippen LogP contribution in [0.1, 0.15) is 31.0 Å². The molecule has 1 aliphatic rings. The maximum Gasteiger partial charge on any atom is 0.158 e. The van der Waals surface area contributed by atoms with Gasteiger partial charge in [-0.25, -0.2) is 15.0 Å². The van der Waals surface area contributed by atoms with Crippen molar-refractivity contribution in [2.75, 3.05) is 11.9 Å². The van der Waals surface area contributed by atoms with Crippen LogP contribution >= 0.6 is 0 Å². The van der Waals surface area contributed by atoms with E-state index in [2.05, 4.69) is 31.8 Å². The third kappa shape index (κ3) is 2.71. The van der Waals surface area contributed by atoms with Gasteiger partial charge in [0.15, 0.2) is 5.69 Å². The van der Waals surface area contributed by atoms with Crippen LogP contribution in [0.3, 0.4) is 0 Å². The molecule has 0 spiro atoms. The van der Waals surface area contributed by atoms with Crippen molar-refractivity contribution in [3.05, 3.63) is 36.3 Å². The number of nitrogens with zero attached hydrogens (tertiary/aromatic N) is 5. The average molecular weight is 284 g/mol. The van der Waals surface area contributed by atoms with E-state index in [1.54, 1.807) is 12.4 Å². The van der Waals surface area contributed by atoms with Gasteiger partial charge >= 0.3 is 0 Å². The Morgan fingerprint density at radius 1 is 1.43 bits per heavy atom. The Bertz CT molecular complexity index is 644. The molecule has 2 aromatic heterocycles. The fourth-order valence-corrected chi connectivity index (χ4v) is 2.49. The minimum absolute atomic E-state index is 0.0972. The van der Waals surface area contributed by atoms with Gasteiger partial charge in [-0.3, -0.25) is 0 Å². The molecule has 2 atom stereocenters. The van der Waals surface area contributed by atoms with Gasteiger partial charge in [-0.05, 0) is 13.3 Å². The molecule has 1 aliphatic heterocycles. The lowest BCUT2D eigenvalue weighted by Gasteiger charge is -2.20. The summed E-state index contributed by atoms with van der Waals surface area (Å²) in [5, 5.41) is 12.1. The number of imidazole rings is 1. The molecule has 1 N–H and O–H groups in total. The molecule has 108 valence electrons. The fourth-order valence-electron chi connectivity index (χ4n) is 2.49. The van der Waals surface area contributed by atoms with Gasteiger partial charge in [-0.15, -0.1) is 0 Å². The van der Waals surface area contributed by atoms with Crippen molar-refractivity contribution in [1.82, 2.24) is 19.5 Å². The standard InChI is InChI=1S/C14H16N6O/c1-2-20-5-4-16-14(20)13-11(3-6-21-13)19-12-9-17-10(7-15)8-18-12/h4-5,8-9,11,13H,2-3,6H2,1H3,(H,18,19)/t11-,13-/m0/s1. The van der Waals surface area contributed by atoms with Gasteiger partial charge in [0.05, 0.1) is 18.4 Å². The van der Waals surface area contributed by atoms with Gasteiger partial charge in [-0.2, -0.15) is 5.26 Å². The number of hydrogen-bond acceptors (Lipinski definition) is 6. The SMILES string of the molecule is CCn1ccnc1[C@H]1OCC[C@@H]1Nc1cnc(C#N)cn1. The second-order valence-electron chi connectivity index (χ2n) is 4.80. The predicted octanol–water partition coefficient (Wildman–Crippen LogP) is 1.51. The molecule has 0 bridgehead atoms. The van der Waals surface area contributed by atoms with Crippen molar-refractivity contribution in [3.8, 4) is 6.07 Å². The van der Waals surface area contributed by atoms with Gasteiger partial charge in [0.1, 0.15) is 23.8 Å². The molecule has 0 unspecified atom stereocenters. The van der Waals surface area contributed by atoms with Gasteiger partial charge < -0.3 is 14.6 Å². The number of ether oxygens (including phenoxy) is 1. The van der Waals surface area contributed by atoms with E-state index in [4.69, 9.17) is 10.00 Å². The molecular formula is C14H16N6O. The number of hydrogen-bond donors (Lipinski definition) is 1. The molecule has 3 rings (SSSR count). The van der Waals surface area contributed by atoms with E-state index in [1.807, 2.05) is 12.3 Å². The first-order valence-corrected chi connectivity index (χ1v) is 6.93. The van der Waals surface area contributed by atoms with Crippen LogP contribution in [0.2, 0.25) is 0 Å². The van der Waals surface area contributed by atoms with Crippen LogP contribution in [-0.2, 0) is 11.3 Å². The Morgan fingerprint density at radius 3 is 3.05 bits per heavy atom. The topological polar surface area (TPSA) is 88.6 Å². The lowest BCUT2D eigenvalue weighted by molar-refractivity contribution is 0.0976. The molecule has 2 aromatic rings. The van der Waals surface area contributed by atoms with Crippen LogP contribution in [0, 0.1) is 11.3 Å². The highest BCUT2D eigenvalue weighted by atomic mass is 16.5. The smallest absolute Gasteiger partial charge is 0.158 e. The minimum atomic E-state index is -0.0996. The Labute approximate surface area is 122 Å². The number of aryl methyl sites for hydroxylation is 1. The fraction of sp³-hybridized carbons (Fsp3) is 0.429. The van der Waals surface area contributed by atoms with E-state index in [0.29, 0.717) is 18.1 Å². The van der Waals surface area contributed by atoms with Gasteiger partial charge in [0.2, 0.25) is 0 Å². The molecule has 0 saturated carbocycles. The van der Waals surface area contributed by atoms with Crippen molar-refractivity contribution in [2.45, 2.75) is 32.0 Å².